The normalized spacial score (nSPS) is 11.4. The van der Waals surface area contributed by atoms with E-state index in [2.05, 4.69) is 15.4 Å². The number of carbonyl (C=O) groups excluding carboxylic acids is 1. The minimum absolute atomic E-state index is 0.114. The van der Waals surface area contributed by atoms with Crippen molar-refractivity contribution in [2.45, 2.75) is 0 Å². The van der Waals surface area contributed by atoms with Crippen molar-refractivity contribution >= 4 is 57.4 Å². The van der Waals surface area contributed by atoms with Crippen LogP contribution in [0.4, 0.5) is 11.5 Å². The fraction of sp³-hybridized carbons (Fsp3) is 0.0400. The molecule has 1 amide bonds. The monoisotopic (exact) mass is 470 g/mol. The molecule has 0 radical (unpaired) electrons. The average Bonchev–Trinajstić information content (AvgIpc) is 3.12. The molecular formula is C25H19ClN6O2. The number of hydrogen-bond acceptors (Lipinski definition) is 6. The standard InChI is InChI=1S/C25H19ClN6O2/c1-34-20-9-5-2-6-15(20)14-28-32-23(27)21(25(33)29-17-12-10-16(26)11-13-17)22-24(32)31-19-8-4-3-7-18(19)30-22/h2-14H,27H2,1H3,(H,29,33)/b28-14-. The molecule has 34 heavy (non-hydrogen) atoms. The zero-order valence-corrected chi connectivity index (χ0v) is 18.8. The number of rotatable bonds is 5. The van der Waals surface area contributed by atoms with E-state index in [1.165, 1.54) is 4.68 Å². The topological polar surface area (TPSA) is 107 Å². The van der Waals surface area contributed by atoms with Crippen molar-refractivity contribution in [1.29, 1.82) is 0 Å². The molecule has 8 nitrogen and oxygen atoms in total. The number of nitrogens with two attached hydrogens (primary N) is 1. The van der Waals surface area contributed by atoms with Gasteiger partial charge in [-0.2, -0.15) is 9.78 Å². The number of carbonyl (C=O) groups is 1. The maximum atomic E-state index is 13.3. The molecule has 3 N–H and O–H groups in total. The molecule has 2 heterocycles. The van der Waals surface area contributed by atoms with Crippen LogP contribution in [0.3, 0.4) is 0 Å². The third kappa shape index (κ3) is 3.91. The van der Waals surface area contributed by atoms with Gasteiger partial charge in [-0.3, -0.25) is 4.79 Å². The Morgan fingerprint density at radius 3 is 2.44 bits per heavy atom. The first-order chi connectivity index (χ1) is 16.5. The lowest BCUT2D eigenvalue weighted by molar-refractivity contribution is 0.102. The summed E-state index contributed by atoms with van der Waals surface area (Å²) < 4.78 is 6.81. The summed E-state index contributed by atoms with van der Waals surface area (Å²) in [7, 11) is 1.59. The molecule has 0 bridgehead atoms. The Hall–Kier alpha value is -4.43. The van der Waals surface area contributed by atoms with E-state index in [4.69, 9.17) is 27.1 Å². The zero-order valence-electron chi connectivity index (χ0n) is 18.1. The Morgan fingerprint density at radius 2 is 1.71 bits per heavy atom. The first kappa shape index (κ1) is 21.4. The lowest BCUT2D eigenvalue weighted by Gasteiger charge is -2.06. The van der Waals surface area contributed by atoms with E-state index in [1.807, 2.05) is 48.5 Å². The number of aromatic nitrogens is 3. The van der Waals surface area contributed by atoms with E-state index in [9.17, 15) is 4.79 Å². The summed E-state index contributed by atoms with van der Waals surface area (Å²) in [5, 5.41) is 7.94. The molecule has 5 rings (SSSR count). The summed E-state index contributed by atoms with van der Waals surface area (Å²) in [5.74, 6) is 0.335. The second kappa shape index (κ2) is 8.84. The lowest BCUT2D eigenvalue weighted by Crippen LogP contribution is -2.14. The second-order valence-corrected chi connectivity index (χ2v) is 7.84. The average molecular weight is 471 g/mol. The van der Waals surface area contributed by atoms with Crippen LogP contribution >= 0.6 is 11.6 Å². The van der Waals surface area contributed by atoms with Gasteiger partial charge in [0.2, 0.25) is 0 Å². The summed E-state index contributed by atoms with van der Waals surface area (Å²) >= 11 is 5.96. The molecule has 0 spiro atoms. The van der Waals surface area contributed by atoms with Crippen LogP contribution in [-0.2, 0) is 0 Å². The van der Waals surface area contributed by atoms with Gasteiger partial charge in [0.15, 0.2) is 5.65 Å². The number of anilines is 2. The van der Waals surface area contributed by atoms with Crippen LogP contribution in [0.2, 0.25) is 5.02 Å². The van der Waals surface area contributed by atoms with E-state index in [0.29, 0.717) is 38.7 Å². The molecule has 5 aromatic rings. The first-order valence-corrected chi connectivity index (χ1v) is 10.7. The van der Waals surface area contributed by atoms with Gasteiger partial charge in [0.05, 0.1) is 24.4 Å². The van der Waals surface area contributed by atoms with Gasteiger partial charge >= 0.3 is 0 Å². The van der Waals surface area contributed by atoms with Gasteiger partial charge in [0, 0.05) is 16.3 Å². The van der Waals surface area contributed by atoms with Crippen LogP contribution in [-0.4, -0.2) is 33.9 Å². The van der Waals surface area contributed by atoms with Crippen LogP contribution < -0.4 is 15.8 Å². The highest BCUT2D eigenvalue weighted by Crippen LogP contribution is 2.29. The third-order valence-corrected chi connectivity index (χ3v) is 5.51. The maximum absolute atomic E-state index is 13.3. The molecule has 0 fully saturated rings. The van der Waals surface area contributed by atoms with Crippen molar-refractivity contribution < 1.29 is 9.53 Å². The Labute approximate surface area is 199 Å². The van der Waals surface area contributed by atoms with Crippen molar-refractivity contribution in [2.24, 2.45) is 5.10 Å². The predicted octanol–water partition coefficient (Wildman–Crippen LogP) is 4.96. The number of nitrogens with zero attached hydrogens (tertiary/aromatic N) is 4. The van der Waals surface area contributed by atoms with E-state index in [1.54, 1.807) is 37.6 Å². The molecule has 168 valence electrons. The van der Waals surface area contributed by atoms with Gasteiger partial charge < -0.3 is 15.8 Å². The highest BCUT2D eigenvalue weighted by Gasteiger charge is 2.24. The fourth-order valence-corrected chi connectivity index (χ4v) is 3.73. The molecule has 0 aliphatic carbocycles. The van der Waals surface area contributed by atoms with Crippen molar-refractivity contribution in [3.05, 3.63) is 88.9 Å². The molecule has 9 heteroatoms. The lowest BCUT2D eigenvalue weighted by atomic mass is 10.2. The number of nitrogen functional groups attached to an aromatic ring is 1. The molecule has 3 aromatic carbocycles. The Kier molecular flexibility index (Phi) is 5.57. The van der Waals surface area contributed by atoms with Crippen molar-refractivity contribution in [2.75, 3.05) is 18.2 Å². The van der Waals surface area contributed by atoms with E-state index < -0.39 is 5.91 Å². The molecule has 0 saturated carbocycles. The van der Waals surface area contributed by atoms with E-state index >= 15 is 0 Å². The Balaban J connectivity index is 1.66. The summed E-state index contributed by atoms with van der Waals surface area (Å²) in [6.07, 6.45) is 1.60. The molecular weight excluding hydrogens is 452 g/mol. The molecule has 0 unspecified atom stereocenters. The number of ether oxygens (including phenoxy) is 1. The number of fused-ring (bicyclic) bond motifs is 2. The van der Waals surface area contributed by atoms with Crippen LogP contribution in [0.1, 0.15) is 15.9 Å². The number of para-hydroxylation sites is 3. The van der Waals surface area contributed by atoms with E-state index in [0.717, 1.165) is 5.56 Å². The summed E-state index contributed by atoms with van der Waals surface area (Å²) in [5.41, 5.74) is 9.95. The van der Waals surface area contributed by atoms with Gasteiger partial charge in [-0.25, -0.2) is 9.97 Å². The molecule has 0 atom stereocenters. The molecule has 2 aromatic heterocycles. The van der Waals surface area contributed by atoms with Crippen molar-refractivity contribution in [3.8, 4) is 5.75 Å². The van der Waals surface area contributed by atoms with Crippen LogP contribution in [0.15, 0.2) is 77.9 Å². The van der Waals surface area contributed by atoms with Gasteiger partial charge in [-0.05, 0) is 48.5 Å². The van der Waals surface area contributed by atoms with Crippen molar-refractivity contribution in [3.63, 3.8) is 0 Å². The fourth-order valence-electron chi connectivity index (χ4n) is 3.61. The van der Waals surface area contributed by atoms with Gasteiger partial charge in [0.25, 0.3) is 5.91 Å². The Morgan fingerprint density at radius 1 is 1.03 bits per heavy atom. The summed E-state index contributed by atoms with van der Waals surface area (Å²) in [6.45, 7) is 0. The smallest absolute Gasteiger partial charge is 0.261 e. The second-order valence-electron chi connectivity index (χ2n) is 7.40. The van der Waals surface area contributed by atoms with Crippen LogP contribution in [0.25, 0.3) is 22.2 Å². The van der Waals surface area contributed by atoms with Crippen molar-refractivity contribution in [1.82, 2.24) is 14.6 Å². The number of methoxy groups -OCH3 is 1. The molecule has 0 aliphatic heterocycles. The Bertz CT molecular complexity index is 1560. The highest BCUT2D eigenvalue weighted by atomic mass is 35.5. The van der Waals surface area contributed by atoms with E-state index in [-0.39, 0.29) is 11.4 Å². The minimum atomic E-state index is -0.430. The number of halogens is 1. The number of amides is 1. The van der Waals surface area contributed by atoms with Gasteiger partial charge in [0.1, 0.15) is 22.6 Å². The maximum Gasteiger partial charge on any atom is 0.261 e. The minimum Gasteiger partial charge on any atom is -0.496 e. The largest absolute Gasteiger partial charge is 0.496 e. The predicted molar refractivity (Wildman–Crippen MR) is 135 cm³/mol. The number of hydrogen-bond donors (Lipinski definition) is 2. The quantitative estimate of drug-likeness (QED) is 0.353. The van der Waals surface area contributed by atoms with Crippen LogP contribution in [0.5, 0.6) is 5.75 Å². The molecule has 0 saturated heterocycles. The third-order valence-electron chi connectivity index (χ3n) is 5.25. The van der Waals surface area contributed by atoms with Crippen LogP contribution in [0, 0.1) is 0 Å². The number of benzene rings is 3. The van der Waals surface area contributed by atoms with Gasteiger partial charge in [-0.1, -0.05) is 35.9 Å². The van der Waals surface area contributed by atoms with Gasteiger partial charge in [-0.15, -0.1) is 0 Å². The summed E-state index contributed by atoms with van der Waals surface area (Å²) in [6, 6.07) is 21.6. The summed E-state index contributed by atoms with van der Waals surface area (Å²) in [4.78, 5) is 22.7. The first-order valence-electron chi connectivity index (χ1n) is 10.4. The SMILES string of the molecule is COc1ccccc1/C=N\n1c(N)c(C(=O)Nc2ccc(Cl)cc2)c2nc3ccccc3nc21. The molecule has 0 aliphatic rings. The zero-order chi connectivity index (χ0) is 23.7. The number of nitrogens with one attached hydrogen (secondary N) is 1. The highest BCUT2D eigenvalue weighted by molar-refractivity contribution is 6.30.